The summed E-state index contributed by atoms with van der Waals surface area (Å²) in [5.41, 5.74) is 1.97. The first-order valence-electron chi connectivity index (χ1n) is 7.59. The van der Waals surface area contributed by atoms with Crippen LogP contribution in [0.15, 0.2) is 29.1 Å². The molecule has 23 heavy (non-hydrogen) atoms. The minimum absolute atomic E-state index is 0.200. The van der Waals surface area contributed by atoms with Crippen LogP contribution in [0.1, 0.15) is 18.4 Å². The van der Waals surface area contributed by atoms with E-state index in [-0.39, 0.29) is 5.91 Å². The number of methoxy groups -OCH3 is 1. The SMILES string of the molecule is COc1cnc2[nH]cc(C=C3N=C(NCC4CC4)NC3=O)c2c1. The van der Waals surface area contributed by atoms with Crippen LogP contribution in [0, 0.1) is 5.92 Å². The summed E-state index contributed by atoms with van der Waals surface area (Å²) in [7, 11) is 1.60. The zero-order valence-corrected chi connectivity index (χ0v) is 12.7. The molecule has 1 fully saturated rings. The molecule has 1 amide bonds. The van der Waals surface area contributed by atoms with Gasteiger partial charge in [-0.1, -0.05) is 0 Å². The van der Waals surface area contributed by atoms with E-state index in [1.54, 1.807) is 19.4 Å². The van der Waals surface area contributed by atoms with Gasteiger partial charge < -0.3 is 15.0 Å². The van der Waals surface area contributed by atoms with Gasteiger partial charge in [0.2, 0.25) is 5.96 Å². The van der Waals surface area contributed by atoms with Crippen molar-refractivity contribution in [1.82, 2.24) is 20.6 Å². The molecule has 0 saturated heterocycles. The first-order valence-corrected chi connectivity index (χ1v) is 7.59. The Kier molecular flexibility index (Phi) is 3.25. The Morgan fingerprint density at radius 3 is 3.13 bits per heavy atom. The number of aliphatic imine (C=N–C) groups is 1. The zero-order chi connectivity index (χ0) is 15.8. The van der Waals surface area contributed by atoms with Gasteiger partial charge in [0.1, 0.15) is 17.1 Å². The second-order valence-electron chi connectivity index (χ2n) is 5.78. The molecule has 3 N–H and O–H groups in total. The number of fused-ring (bicyclic) bond motifs is 1. The highest BCUT2D eigenvalue weighted by Gasteiger charge is 2.24. The molecule has 3 heterocycles. The van der Waals surface area contributed by atoms with Gasteiger partial charge in [0, 0.05) is 23.7 Å². The molecule has 118 valence electrons. The molecular weight excluding hydrogens is 294 g/mol. The number of aromatic nitrogens is 2. The summed E-state index contributed by atoms with van der Waals surface area (Å²) < 4.78 is 5.20. The van der Waals surface area contributed by atoms with Crippen molar-refractivity contribution in [3.8, 4) is 5.75 Å². The molecule has 0 spiro atoms. The van der Waals surface area contributed by atoms with Crippen LogP contribution in [-0.4, -0.2) is 35.5 Å². The summed E-state index contributed by atoms with van der Waals surface area (Å²) in [4.78, 5) is 23.7. The van der Waals surface area contributed by atoms with Crippen molar-refractivity contribution in [2.24, 2.45) is 10.9 Å². The van der Waals surface area contributed by atoms with Crippen molar-refractivity contribution < 1.29 is 9.53 Å². The van der Waals surface area contributed by atoms with Gasteiger partial charge in [-0.2, -0.15) is 0 Å². The Bertz CT molecular complexity index is 832. The Labute approximate surface area is 132 Å². The molecule has 4 rings (SSSR count). The number of carbonyl (C=O) groups excluding carboxylic acids is 1. The number of amides is 1. The molecule has 2 aromatic rings. The Hall–Kier alpha value is -2.83. The molecule has 2 aromatic heterocycles. The van der Waals surface area contributed by atoms with Crippen LogP contribution in [-0.2, 0) is 4.79 Å². The predicted molar refractivity (Wildman–Crippen MR) is 86.9 cm³/mol. The number of hydrogen-bond donors (Lipinski definition) is 3. The van der Waals surface area contributed by atoms with Crippen molar-refractivity contribution >= 4 is 29.0 Å². The number of rotatable bonds is 4. The monoisotopic (exact) mass is 311 g/mol. The quantitative estimate of drug-likeness (QED) is 0.744. The standard InChI is InChI=1S/C16H17N5O2/c1-23-11-5-12-10(7-17-14(12)18-8-11)4-13-15(22)21-16(20-13)19-6-9-2-3-9/h4-5,7-9H,2-3,6H2,1H3,(H,17,18)(H2,19,20,21,22). The molecule has 0 radical (unpaired) electrons. The lowest BCUT2D eigenvalue weighted by Gasteiger charge is -2.02. The molecule has 1 aliphatic heterocycles. The van der Waals surface area contributed by atoms with Crippen LogP contribution in [0.25, 0.3) is 17.1 Å². The maximum Gasteiger partial charge on any atom is 0.276 e. The van der Waals surface area contributed by atoms with E-state index in [1.807, 2.05) is 12.3 Å². The van der Waals surface area contributed by atoms with Crippen LogP contribution in [0.4, 0.5) is 0 Å². The zero-order valence-electron chi connectivity index (χ0n) is 12.7. The fourth-order valence-corrected chi connectivity index (χ4v) is 2.50. The van der Waals surface area contributed by atoms with Gasteiger partial charge in [0.15, 0.2) is 0 Å². The topological polar surface area (TPSA) is 91.4 Å². The Balaban J connectivity index is 1.62. The number of aromatic amines is 1. The van der Waals surface area contributed by atoms with Crippen molar-refractivity contribution in [3.63, 3.8) is 0 Å². The van der Waals surface area contributed by atoms with E-state index in [0.29, 0.717) is 17.4 Å². The largest absolute Gasteiger partial charge is 0.495 e. The smallest absolute Gasteiger partial charge is 0.276 e. The number of ether oxygens (including phenoxy) is 1. The average molecular weight is 311 g/mol. The number of carbonyl (C=O) groups is 1. The molecule has 7 heteroatoms. The lowest BCUT2D eigenvalue weighted by Crippen LogP contribution is -2.37. The van der Waals surface area contributed by atoms with Gasteiger partial charge in [-0.3, -0.25) is 10.1 Å². The summed E-state index contributed by atoms with van der Waals surface area (Å²) in [6.07, 6.45) is 7.71. The van der Waals surface area contributed by atoms with E-state index in [2.05, 4.69) is 25.6 Å². The number of H-pyrrole nitrogens is 1. The minimum Gasteiger partial charge on any atom is -0.495 e. The third-order valence-electron chi connectivity index (χ3n) is 4.02. The first kappa shape index (κ1) is 13.8. The Morgan fingerprint density at radius 2 is 2.35 bits per heavy atom. The van der Waals surface area contributed by atoms with Crippen molar-refractivity contribution in [2.75, 3.05) is 13.7 Å². The fraction of sp³-hybridized carbons (Fsp3) is 0.312. The minimum atomic E-state index is -0.200. The molecule has 1 saturated carbocycles. The predicted octanol–water partition coefficient (Wildman–Crippen LogP) is 1.40. The summed E-state index contributed by atoms with van der Waals surface area (Å²) in [6, 6.07) is 1.88. The number of nitrogens with one attached hydrogen (secondary N) is 3. The van der Waals surface area contributed by atoms with Crippen LogP contribution in [0.2, 0.25) is 0 Å². The maximum absolute atomic E-state index is 12.0. The molecular formula is C16H17N5O2. The van der Waals surface area contributed by atoms with Crippen molar-refractivity contribution in [2.45, 2.75) is 12.8 Å². The van der Waals surface area contributed by atoms with E-state index in [0.717, 1.165) is 29.1 Å². The fourth-order valence-electron chi connectivity index (χ4n) is 2.50. The average Bonchev–Trinajstić information content (AvgIpc) is 3.22. The highest BCUT2D eigenvalue weighted by Crippen LogP contribution is 2.28. The lowest BCUT2D eigenvalue weighted by molar-refractivity contribution is -0.115. The van der Waals surface area contributed by atoms with E-state index >= 15 is 0 Å². The van der Waals surface area contributed by atoms with E-state index in [9.17, 15) is 4.79 Å². The van der Waals surface area contributed by atoms with Crippen LogP contribution in [0.3, 0.4) is 0 Å². The van der Waals surface area contributed by atoms with E-state index in [1.165, 1.54) is 12.8 Å². The van der Waals surface area contributed by atoms with Gasteiger partial charge in [-0.25, -0.2) is 9.98 Å². The molecule has 7 nitrogen and oxygen atoms in total. The molecule has 1 aliphatic carbocycles. The van der Waals surface area contributed by atoms with Gasteiger partial charge in [-0.05, 0) is 30.9 Å². The molecule has 2 aliphatic rings. The van der Waals surface area contributed by atoms with E-state index < -0.39 is 0 Å². The highest BCUT2D eigenvalue weighted by atomic mass is 16.5. The third-order valence-corrected chi connectivity index (χ3v) is 4.02. The van der Waals surface area contributed by atoms with Gasteiger partial charge in [0.25, 0.3) is 5.91 Å². The van der Waals surface area contributed by atoms with Gasteiger partial charge >= 0.3 is 0 Å². The van der Waals surface area contributed by atoms with E-state index in [4.69, 9.17) is 4.74 Å². The summed E-state index contributed by atoms with van der Waals surface area (Å²) >= 11 is 0. The molecule has 0 bridgehead atoms. The molecule has 0 aromatic carbocycles. The number of pyridine rings is 1. The highest BCUT2D eigenvalue weighted by molar-refractivity contribution is 6.14. The lowest BCUT2D eigenvalue weighted by atomic mass is 10.2. The third kappa shape index (κ3) is 2.77. The van der Waals surface area contributed by atoms with Crippen molar-refractivity contribution in [3.05, 3.63) is 29.7 Å². The van der Waals surface area contributed by atoms with Crippen molar-refractivity contribution in [1.29, 1.82) is 0 Å². The van der Waals surface area contributed by atoms with Crippen LogP contribution < -0.4 is 15.4 Å². The second-order valence-corrected chi connectivity index (χ2v) is 5.78. The second kappa shape index (κ2) is 5.42. The Morgan fingerprint density at radius 1 is 1.48 bits per heavy atom. The van der Waals surface area contributed by atoms with Gasteiger partial charge in [-0.15, -0.1) is 0 Å². The first-order chi connectivity index (χ1) is 11.2. The summed E-state index contributed by atoms with van der Waals surface area (Å²) in [5.74, 6) is 1.72. The summed E-state index contributed by atoms with van der Waals surface area (Å²) in [5, 5.41) is 6.82. The maximum atomic E-state index is 12.0. The summed E-state index contributed by atoms with van der Waals surface area (Å²) in [6.45, 7) is 0.862. The number of nitrogens with zero attached hydrogens (tertiary/aromatic N) is 2. The molecule has 0 atom stereocenters. The van der Waals surface area contributed by atoms with Crippen LogP contribution in [0.5, 0.6) is 5.75 Å². The molecule has 0 unspecified atom stereocenters. The number of guanidine groups is 1. The van der Waals surface area contributed by atoms with Gasteiger partial charge in [0.05, 0.1) is 13.3 Å². The normalized spacial score (nSPS) is 19.1. The number of hydrogen-bond acceptors (Lipinski definition) is 5. The van der Waals surface area contributed by atoms with Crippen LogP contribution >= 0.6 is 0 Å².